The summed E-state index contributed by atoms with van der Waals surface area (Å²) < 4.78 is 5.58. The molecule has 1 aromatic heterocycles. The summed E-state index contributed by atoms with van der Waals surface area (Å²) in [4.78, 5) is 13.6. The Labute approximate surface area is 144 Å². The van der Waals surface area contributed by atoms with Gasteiger partial charge < -0.3 is 20.3 Å². The number of pyridine rings is 1. The summed E-state index contributed by atoms with van der Waals surface area (Å²) in [5, 5.41) is 0. The van der Waals surface area contributed by atoms with E-state index in [0.29, 0.717) is 18.4 Å². The third kappa shape index (κ3) is 4.38. The van der Waals surface area contributed by atoms with Crippen LogP contribution in [0.3, 0.4) is 0 Å². The fourth-order valence-electron chi connectivity index (χ4n) is 3.39. The number of ether oxygens (including phenoxy) is 1. The lowest BCUT2D eigenvalue weighted by atomic mass is 10.0. The van der Waals surface area contributed by atoms with E-state index in [1.165, 1.54) is 12.8 Å². The molecule has 2 atom stereocenters. The third-order valence-corrected chi connectivity index (χ3v) is 4.78. The highest BCUT2D eigenvalue weighted by Crippen LogP contribution is 2.17. The quantitative estimate of drug-likeness (QED) is 0.676. The van der Waals surface area contributed by atoms with Crippen LogP contribution in [0.25, 0.3) is 0 Å². The highest BCUT2D eigenvalue weighted by atomic mass is 16.5. The number of aromatic nitrogens is 1. The lowest BCUT2D eigenvalue weighted by molar-refractivity contribution is 0.0529. The normalized spacial score (nSPS) is 25.8. The van der Waals surface area contributed by atoms with Crippen molar-refractivity contribution in [3.8, 4) is 0 Å². The van der Waals surface area contributed by atoms with Crippen LogP contribution < -0.4 is 10.6 Å². The van der Waals surface area contributed by atoms with Crippen LogP contribution in [0.4, 0.5) is 5.82 Å². The first-order chi connectivity index (χ1) is 11.6. The van der Waals surface area contributed by atoms with E-state index >= 15 is 0 Å². The van der Waals surface area contributed by atoms with Gasteiger partial charge in [-0.25, -0.2) is 9.98 Å². The first-order valence-electron chi connectivity index (χ1n) is 8.98. The first kappa shape index (κ1) is 17.0. The molecular weight excluding hydrogens is 302 g/mol. The minimum absolute atomic E-state index is 0.261. The number of nitrogens with two attached hydrogens (primary N) is 1. The molecule has 132 valence electrons. The molecule has 2 N–H and O–H groups in total. The third-order valence-electron chi connectivity index (χ3n) is 4.78. The van der Waals surface area contributed by atoms with Crippen molar-refractivity contribution in [1.29, 1.82) is 0 Å². The molecule has 2 unspecified atom stereocenters. The Hall–Kier alpha value is -1.82. The van der Waals surface area contributed by atoms with E-state index in [2.05, 4.69) is 45.8 Å². The van der Waals surface area contributed by atoms with Crippen molar-refractivity contribution in [1.82, 2.24) is 9.88 Å². The highest BCUT2D eigenvalue weighted by molar-refractivity contribution is 5.78. The van der Waals surface area contributed by atoms with Crippen molar-refractivity contribution in [2.75, 3.05) is 37.7 Å². The molecule has 0 aromatic carbocycles. The van der Waals surface area contributed by atoms with Gasteiger partial charge in [-0.05, 0) is 37.3 Å². The van der Waals surface area contributed by atoms with Crippen molar-refractivity contribution in [3.05, 3.63) is 23.9 Å². The van der Waals surface area contributed by atoms with Crippen LogP contribution in [0.15, 0.2) is 23.3 Å². The zero-order valence-corrected chi connectivity index (χ0v) is 14.8. The van der Waals surface area contributed by atoms with Crippen LogP contribution in [0.2, 0.25) is 0 Å². The molecule has 3 rings (SSSR count). The van der Waals surface area contributed by atoms with E-state index < -0.39 is 0 Å². The second kappa shape index (κ2) is 7.83. The minimum Gasteiger partial charge on any atom is -0.375 e. The maximum atomic E-state index is 6.15. The van der Waals surface area contributed by atoms with Crippen LogP contribution in [-0.2, 0) is 11.3 Å². The van der Waals surface area contributed by atoms with Crippen LogP contribution in [-0.4, -0.2) is 54.7 Å². The zero-order chi connectivity index (χ0) is 16.9. The number of guanidine groups is 1. The molecule has 0 amide bonds. The van der Waals surface area contributed by atoms with Gasteiger partial charge in [-0.3, -0.25) is 0 Å². The number of morpholine rings is 1. The van der Waals surface area contributed by atoms with Crippen LogP contribution >= 0.6 is 0 Å². The Morgan fingerprint density at radius 3 is 2.92 bits per heavy atom. The van der Waals surface area contributed by atoms with E-state index in [0.717, 1.165) is 44.2 Å². The first-order valence-corrected chi connectivity index (χ1v) is 8.98. The summed E-state index contributed by atoms with van der Waals surface area (Å²) >= 11 is 0. The summed E-state index contributed by atoms with van der Waals surface area (Å²) in [6, 6.07) is 4.17. The van der Waals surface area contributed by atoms with E-state index in [9.17, 15) is 0 Å². The van der Waals surface area contributed by atoms with Crippen molar-refractivity contribution in [2.24, 2.45) is 16.6 Å². The fourth-order valence-corrected chi connectivity index (χ4v) is 3.39. The lowest BCUT2D eigenvalue weighted by Gasteiger charge is -2.32. The van der Waals surface area contributed by atoms with Gasteiger partial charge in [0.25, 0.3) is 0 Å². The second-order valence-corrected chi connectivity index (χ2v) is 7.02. The Kier molecular flexibility index (Phi) is 5.56. The van der Waals surface area contributed by atoms with Gasteiger partial charge in [0.2, 0.25) is 0 Å². The summed E-state index contributed by atoms with van der Waals surface area (Å²) in [6.45, 7) is 9.55. The van der Waals surface area contributed by atoms with Gasteiger partial charge >= 0.3 is 0 Å². The summed E-state index contributed by atoms with van der Waals surface area (Å²) in [5.74, 6) is 2.37. The molecule has 0 bridgehead atoms. The molecule has 6 nitrogen and oxygen atoms in total. The Morgan fingerprint density at radius 1 is 1.33 bits per heavy atom. The summed E-state index contributed by atoms with van der Waals surface area (Å²) in [7, 11) is 0. The summed E-state index contributed by atoms with van der Waals surface area (Å²) in [5.41, 5.74) is 7.24. The maximum Gasteiger partial charge on any atom is 0.191 e. The molecule has 0 radical (unpaired) electrons. The molecule has 24 heavy (non-hydrogen) atoms. The van der Waals surface area contributed by atoms with Gasteiger partial charge in [0.15, 0.2) is 5.96 Å². The largest absolute Gasteiger partial charge is 0.375 e. The standard InChI is InChI=1S/C18H29N5O/c1-14-4-3-7-23(12-14)18(19)21-11-16-5-6-17(20-10-16)22-8-9-24-15(2)13-22/h5-6,10,14-15H,3-4,7-9,11-13H2,1-2H3,(H2,19,21). The average Bonchev–Trinajstić information content (AvgIpc) is 2.60. The zero-order valence-electron chi connectivity index (χ0n) is 14.8. The molecule has 3 heterocycles. The second-order valence-electron chi connectivity index (χ2n) is 7.02. The summed E-state index contributed by atoms with van der Waals surface area (Å²) in [6.07, 6.45) is 4.66. The maximum absolute atomic E-state index is 6.15. The predicted octanol–water partition coefficient (Wildman–Crippen LogP) is 1.85. The van der Waals surface area contributed by atoms with E-state index in [-0.39, 0.29) is 6.10 Å². The van der Waals surface area contributed by atoms with Crippen LogP contribution in [0.1, 0.15) is 32.3 Å². The monoisotopic (exact) mass is 331 g/mol. The van der Waals surface area contributed by atoms with E-state index in [4.69, 9.17) is 10.5 Å². The Bertz CT molecular complexity index is 559. The number of likely N-dealkylation sites (tertiary alicyclic amines) is 1. The predicted molar refractivity (Wildman–Crippen MR) is 97.2 cm³/mol. The molecule has 1 aromatic rings. The Morgan fingerprint density at radius 2 is 2.21 bits per heavy atom. The SMILES string of the molecule is CC1CCCN(C(N)=NCc2ccc(N3CCOC(C)C3)nc2)C1. The number of hydrogen-bond acceptors (Lipinski definition) is 4. The number of piperidine rings is 1. The number of rotatable bonds is 3. The molecule has 2 aliphatic heterocycles. The van der Waals surface area contributed by atoms with E-state index in [1.54, 1.807) is 0 Å². The van der Waals surface area contributed by atoms with Gasteiger partial charge in [0, 0.05) is 32.4 Å². The van der Waals surface area contributed by atoms with E-state index in [1.807, 2.05) is 6.20 Å². The molecule has 0 spiro atoms. The van der Waals surface area contributed by atoms with Gasteiger partial charge in [0.05, 0.1) is 19.3 Å². The van der Waals surface area contributed by atoms with Gasteiger partial charge in [-0.2, -0.15) is 0 Å². The topological polar surface area (TPSA) is 67.0 Å². The van der Waals surface area contributed by atoms with Gasteiger partial charge in [-0.15, -0.1) is 0 Å². The number of anilines is 1. The molecule has 6 heteroatoms. The number of nitrogens with zero attached hydrogens (tertiary/aromatic N) is 4. The Balaban J connectivity index is 1.56. The molecule has 2 fully saturated rings. The van der Waals surface area contributed by atoms with Crippen molar-refractivity contribution < 1.29 is 4.74 Å². The van der Waals surface area contributed by atoms with Crippen LogP contribution in [0, 0.1) is 5.92 Å². The smallest absolute Gasteiger partial charge is 0.191 e. The number of hydrogen-bond donors (Lipinski definition) is 1. The fraction of sp³-hybridized carbons (Fsp3) is 0.667. The molecule has 2 aliphatic rings. The molecule has 2 saturated heterocycles. The minimum atomic E-state index is 0.261. The molecule has 0 aliphatic carbocycles. The molecule has 0 saturated carbocycles. The molecular formula is C18H29N5O. The van der Waals surface area contributed by atoms with Crippen molar-refractivity contribution in [2.45, 2.75) is 39.3 Å². The lowest BCUT2D eigenvalue weighted by Crippen LogP contribution is -2.43. The average molecular weight is 331 g/mol. The van der Waals surface area contributed by atoms with Gasteiger partial charge in [-0.1, -0.05) is 13.0 Å². The number of aliphatic imine (C=N–C) groups is 1. The van der Waals surface area contributed by atoms with Crippen molar-refractivity contribution >= 4 is 11.8 Å². The highest BCUT2D eigenvalue weighted by Gasteiger charge is 2.18. The van der Waals surface area contributed by atoms with Crippen molar-refractivity contribution in [3.63, 3.8) is 0 Å². The van der Waals surface area contributed by atoms with Gasteiger partial charge in [0.1, 0.15) is 5.82 Å². The van der Waals surface area contributed by atoms with Crippen LogP contribution in [0.5, 0.6) is 0 Å².